The number of hydrogen-bond acceptors (Lipinski definition) is 3. The van der Waals surface area contributed by atoms with Gasteiger partial charge >= 0.3 is 0 Å². The Morgan fingerprint density at radius 2 is 1.54 bits per heavy atom. The van der Waals surface area contributed by atoms with Gasteiger partial charge in [-0.05, 0) is 36.4 Å². The van der Waals surface area contributed by atoms with Gasteiger partial charge in [-0.3, -0.25) is 14.2 Å². The third-order valence-electron chi connectivity index (χ3n) is 4.80. The number of anilines is 1. The number of carbonyl (C=O) groups excluding carboxylic acids is 1. The summed E-state index contributed by atoms with van der Waals surface area (Å²) in [5, 5.41) is 3.39. The van der Waals surface area contributed by atoms with E-state index in [0.717, 1.165) is 11.3 Å². The van der Waals surface area contributed by atoms with Crippen molar-refractivity contribution in [2.45, 2.75) is 0 Å². The molecule has 5 nitrogen and oxygen atoms in total. The van der Waals surface area contributed by atoms with E-state index in [1.54, 1.807) is 22.8 Å². The molecule has 0 radical (unpaired) electrons. The molecular weight excluding hydrogens is 350 g/mol. The Morgan fingerprint density at radius 1 is 0.821 bits per heavy atom. The highest BCUT2D eigenvalue weighted by Crippen LogP contribution is 2.32. The van der Waals surface area contributed by atoms with Gasteiger partial charge in [-0.15, -0.1) is 0 Å². The Hall–Kier alpha value is -3.99. The molecule has 5 heteroatoms. The lowest BCUT2D eigenvalue weighted by Crippen LogP contribution is -2.22. The van der Waals surface area contributed by atoms with Gasteiger partial charge in [0.1, 0.15) is 5.82 Å². The van der Waals surface area contributed by atoms with E-state index in [2.05, 4.69) is 10.3 Å². The number of amides is 1. The zero-order chi connectivity index (χ0) is 19.1. The molecule has 0 spiro atoms. The molecule has 0 bridgehead atoms. The molecule has 4 aromatic rings. The van der Waals surface area contributed by atoms with Gasteiger partial charge in [-0.1, -0.05) is 48.5 Å². The van der Waals surface area contributed by atoms with Crippen molar-refractivity contribution in [3.05, 3.63) is 101 Å². The summed E-state index contributed by atoms with van der Waals surface area (Å²) in [5.74, 6) is 0.208. The molecule has 0 atom stereocenters. The molecule has 1 aliphatic rings. The van der Waals surface area contributed by atoms with Crippen LogP contribution in [-0.4, -0.2) is 15.5 Å². The number of nitrogens with zero attached hydrogens (tertiary/aromatic N) is 2. The molecule has 1 aromatic heterocycles. The summed E-state index contributed by atoms with van der Waals surface area (Å²) < 4.78 is 1.55. The lowest BCUT2D eigenvalue weighted by Gasteiger charge is -2.12. The van der Waals surface area contributed by atoms with Crippen LogP contribution in [0.15, 0.2) is 83.7 Å². The number of fused-ring (bicyclic) bond motifs is 2. The summed E-state index contributed by atoms with van der Waals surface area (Å²) >= 11 is 0. The van der Waals surface area contributed by atoms with Crippen molar-refractivity contribution in [3.8, 4) is 5.69 Å². The highest BCUT2D eigenvalue weighted by atomic mass is 16.2. The Labute approximate surface area is 160 Å². The molecule has 5 rings (SSSR count). The van der Waals surface area contributed by atoms with Crippen LogP contribution in [0.2, 0.25) is 0 Å². The quantitative estimate of drug-likeness (QED) is 0.548. The van der Waals surface area contributed by atoms with Crippen LogP contribution < -0.4 is 10.9 Å². The van der Waals surface area contributed by atoms with Crippen LogP contribution in [-0.2, 0) is 4.79 Å². The minimum atomic E-state index is -0.205. The van der Waals surface area contributed by atoms with Gasteiger partial charge in [0.2, 0.25) is 0 Å². The topological polar surface area (TPSA) is 64.0 Å². The van der Waals surface area contributed by atoms with Crippen LogP contribution in [0.4, 0.5) is 5.69 Å². The van der Waals surface area contributed by atoms with Gasteiger partial charge in [0.25, 0.3) is 11.5 Å². The Balaban J connectivity index is 1.83. The maximum atomic E-state index is 13.2. The first kappa shape index (κ1) is 16.2. The van der Waals surface area contributed by atoms with Crippen molar-refractivity contribution in [2.24, 2.45) is 0 Å². The Bertz CT molecular complexity index is 1320. The number of carbonyl (C=O) groups is 1. The van der Waals surface area contributed by atoms with Crippen molar-refractivity contribution < 1.29 is 4.79 Å². The average molecular weight is 365 g/mol. The minimum absolute atomic E-state index is 0.171. The van der Waals surface area contributed by atoms with E-state index < -0.39 is 0 Å². The summed E-state index contributed by atoms with van der Waals surface area (Å²) in [4.78, 5) is 30.5. The van der Waals surface area contributed by atoms with E-state index in [1.165, 1.54) is 0 Å². The number of para-hydroxylation sites is 3. The number of hydrogen-bond donors (Lipinski definition) is 1. The number of benzene rings is 3. The lowest BCUT2D eigenvalue weighted by atomic mass is 10.1. The van der Waals surface area contributed by atoms with Crippen molar-refractivity contribution in [3.63, 3.8) is 0 Å². The third kappa shape index (κ3) is 2.53. The highest BCUT2D eigenvalue weighted by molar-refractivity contribution is 6.34. The van der Waals surface area contributed by atoms with Crippen LogP contribution in [0.5, 0.6) is 0 Å². The molecule has 0 aliphatic carbocycles. The minimum Gasteiger partial charge on any atom is -0.321 e. The number of aromatic nitrogens is 2. The first-order chi connectivity index (χ1) is 13.7. The molecule has 134 valence electrons. The monoisotopic (exact) mass is 365 g/mol. The van der Waals surface area contributed by atoms with E-state index >= 15 is 0 Å². The van der Waals surface area contributed by atoms with E-state index in [-0.39, 0.29) is 11.5 Å². The average Bonchev–Trinajstić information content (AvgIpc) is 3.04. The van der Waals surface area contributed by atoms with E-state index in [1.807, 2.05) is 66.7 Å². The molecule has 0 fully saturated rings. The standard InChI is InChI=1S/C23H15N3O2/c27-22-18(16-10-4-6-12-19(16)25-22)14-21-24-20-13-7-5-11-17(20)23(28)26(21)15-8-2-1-3-9-15/h1-14H,(H,25,27)/b18-14+. The molecule has 2 heterocycles. The first-order valence-electron chi connectivity index (χ1n) is 8.92. The van der Waals surface area contributed by atoms with Crippen LogP contribution in [0, 0.1) is 0 Å². The third-order valence-corrected chi connectivity index (χ3v) is 4.80. The normalized spacial score (nSPS) is 14.3. The molecule has 3 aromatic carbocycles. The zero-order valence-corrected chi connectivity index (χ0v) is 14.8. The smallest absolute Gasteiger partial charge is 0.266 e. The molecular formula is C23H15N3O2. The fourth-order valence-corrected chi connectivity index (χ4v) is 3.48. The second-order valence-corrected chi connectivity index (χ2v) is 6.52. The van der Waals surface area contributed by atoms with Crippen LogP contribution in [0.3, 0.4) is 0 Å². The lowest BCUT2D eigenvalue weighted by molar-refractivity contribution is -0.110. The van der Waals surface area contributed by atoms with Crippen molar-refractivity contribution in [1.29, 1.82) is 0 Å². The van der Waals surface area contributed by atoms with Gasteiger partial charge < -0.3 is 5.32 Å². The molecule has 0 saturated carbocycles. The summed E-state index contributed by atoms with van der Waals surface area (Å²) in [6, 6.07) is 24.0. The molecule has 1 N–H and O–H groups in total. The molecule has 0 unspecified atom stereocenters. The summed E-state index contributed by atoms with van der Waals surface area (Å²) in [6.07, 6.45) is 1.68. The fraction of sp³-hybridized carbons (Fsp3) is 0. The molecule has 1 aliphatic heterocycles. The summed E-state index contributed by atoms with van der Waals surface area (Å²) in [7, 11) is 0. The van der Waals surface area contributed by atoms with E-state index in [4.69, 9.17) is 0 Å². The Kier molecular flexibility index (Phi) is 3.66. The van der Waals surface area contributed by atoms with Gasteiger partial charge in [0.05, 0.1) is 22.2 Å². The Morgan fingerprint density at radius 3 is 2.39 bits per heavy atom. The van der Waals surface area contributed by atoms with Crippen molar-refractivity contribution in [1.82, 2.24) is 9.55 Å². The first-order valence-corrected chi connectivity index (χ1v) is 8.92. The van der Waals surface area contributed by atoms with Gasteiger partial charge in [-0.2, -0.15) is 0 Å². The van der Waals surface area contributed by atoms with Crippen LogP contribution >= 0.6 is 0 Å². The second kappa shape index (κ2) is 6.32. The molecule has 0 saturated heterocycles. The molecule has 1 amide bonds. The fourth-order valence-electron chi connectivity index (χ4n) is 3.48. The molecule has 28 heavy (non-hydrogen) atoms. The number of rotatable bonds is 2. The van der Waals surface area contributed by atoms with Crippen LogP contribution in [0.1, 0.15) is 11.4 Å². The van der Waals surface area contributed by atoms with Gasteiger partial charge in [0.15, 0.2) is 0 Å². The predicted octanol–water partition coefficient (Wildman–Crippen LogP) is 3.88. The van der Waals surface area contributed by atoms with Gasteiger partial charge in [0, 0.05) is 11.3 Å². The largest absolute Gasteiger partial charge is 0.321 e. The van der Waals surface area contributed by atoms with Crippen molar-refractivity contribution in [2.75, 3.05) is 5.32 Å². The number of nitrogens with one attached hydrogen (secondary N) is 1. The van der Waals surface area contributed by atoms with Crippen LogP contribution in [0.25, 0.3) is 28.2 Å². The summed E-state index contributed by atoms with van der Waals surface area (Å²) in [5.41, 5.74) is 3.17. The SMILES string of the molecule is O=C1Nc2ccccc2/C1=C\c1nc2ccccc2c(=O)n1-c1ccccc1. The maximum absolute atomic E-state index is 13.2. The maximum Gasteiger partial charge on any atom is 0.266 e. The van der Waals surface area contributed by atoms with E-state index in [9.17, 15) is 9.59 Å². The zero-order valence-electron chi connectivity index (χ0n) is 14.8. The van der Waals surface area contributed by atoms with E-state index in [0.29, 0.717) is 28.0 Å². The summed E-state index contributed by atoms with van der Waals surface area (Å²) in [6.45, 7) is 0. The highest BCUT2D eigenvalue weighted by Gasteiger charge is 2.24. The van der Waals surface area contributed by atoms with Gasteiger partial charge in [-0.25, -0.2) is 4.98 Å². The van der Waals surface area contributed by atoms with Crippen molar-refractivity contribution >= 4 is 34.1 Å². The predicted molar refractivity (Wildman–Crippen MR) is 110 cm³/mol. The second-order valence-electron chi connectivity index (χ2n) is 6.52.